The Labute approximate surface area is 182 Å². The van der Waals surface area contributed by atoms with Gasteiger partial charge in [-0.15, -0.1) is 0 Å². The van der Waals surface area contributed by atoms with E-state index in [4.69, 9.17) is 19.2 Å². The van der Waals surface area contributed by atoms with Crippen molar-refractivity contribution in [3.05, 3.63) is 35.4 Å². The maximum atomic E-state index is 12.2. The van der Waals surface area contributed by atoms with Gasteiger partial charge in [0.2, 0.25) is 0 Å². The molecule has 6 nitrogen and oxygen atoms in total. The molecule has 0 atom stereocenters. The molecule has 1 aliphatic heterocycles. The average Bonchev–Trinajstić information content (AvgIpc) is 2.74. The molecule has 0 amide bonds. The standard InChI is InChI=1S/C22H34F3N3O3/c1-3-26-21(28-10-8-20(9-11-28)31-13-5-12-29-2)27-15-18-6-4-7-19(14-18)16-30-17-22(23,24)25/h4,6-7,14,20H,3,5,8-13,15-17H2,1-2H3,(H,26,27). The average molecular weight is 446 g/mol. The van der Waals surface area contributed by atoms with Crippen LogP contribution in [0.15, 0.2) is 29.3 Å². The molecule has 1 aliphatic rings. The first-order chi connectivity index (χ1) is 14.9. The fraction of sp³-hybridized carbons (Fsp3) is 0.682. The van der Waals surface area contributed by atoms with Crippen LogP contribution in [0.5, 0.6) is 0 Å². The molecule has 0 spiro atoms. The number of likely N-dealkylation sites (tertiary alicyclic amines) is 1. The van der Waals surface area contributed by atoms with Crippen LogP contribution < -0.4 is 5.32 Å². The van der Waals surface area contributed by atoms with Gasteiger partial charge in [-0.3, -0.25) is 0 Å². The van der Waals surface area contributed by atoms with Crippen LogP contribution in [0.25, 0.3) is 0 Å². The SMILES string of the molecule is CCNC(=NCc1cccc(COCC(F)(F)F)c1)N1CCC(OCCCOC)CC1. The van der Waals surface area contributed by atoms with E-state index in [0.29, 0.717) is 18.7 Å². The second kappa shape index (κ2) is 13.5. The van der Waals surface area contributed by atoms with Crippen molar-refractivity contribution in [2.45, 2.75) is 51.6 Å². The van der Waals surface area contributed by atoms with Gasteiger partial charge in [0.1, 0.15) is 6.61 Å². The quantitative estimate of drug-likeness (QED) is 0.319. The van der Waals surface area contributed by atoms with Crippen LogP contribution in [-0.2, 0) is 27.4 Å². The van der Waals surface area contributed by atoms with E-state index in [-0.39, 0.29) is 12.7 Å². The summed E-state index contributed by atoms with van der Waals surface area (Å²) in [4.78, 5) is 6.96. The molecule has 0 aromatic heterocycles. The van der Waals surface area contributed by atoms with E-state index in [1.165, 1.54) is 0 Å². The van der Waals surface area contributed by atoms with Crippen molar-refractivity contribution < 1.29 is 27.4 Å². The molecular formula is C22H34F3N3O3. The third-order valence-electron chi connectivity index (χ3n) is 4.86. The van der Waals surface area contributed by atoms with Gasteiger partial charge in [-0.25, -0.2) is 4.99 Å². The van der Waals surface area contributed by atoms with Crippen molar-refractivity contribution >= 4 is 5.96 Å². The summed E-state index contributed by atoms with van der Waals surface area (Å²) >= 11 is 0. The molecular weight excluding hydrogens is 411 g/mol. The first kappa shape index (κ1) is 25.4. The summed E-state index contributed by atoms with van der Waals surface area (Å²) in [5, 5.41) is 3.33. The topological polar surface area (TPSA) is 55.3 Å². The summed E-state index contributed by atoms with van der Waals surface area (Å²) in [6.45, 7) is 5.08. The minimum atomic E-state index is -4.31. The molecule has 1 heterocycles. The number of guanidine groups is 1. The normalized spacial score (nSPS) is 16.0. The van der Waals surface area contributed by atoms with Gasteiger partial charge in [0.05, 0.1) is 19.3 Å². The van der Waals surface area contributed by atoms with Crippen LogP contribution in [0.4, 0.5) is 13.2 Å². The number of hydrogen-bond acceptors (Lipinski definition) is 4. The smallest absolute Gasteiger partial charge is 0.385 e. The Morgan fingerprint density at radius 3 is 2.61 bits per heavy atom. The predicted octanol–water partition coefficient (Wildman–Crippen LogP) is 3.75. The van der Waals surface area contributed by atoms with E-state index in [1.807, 2.05) is 25.1 Å². The highest BCUT2D eigenvalue weighted by atomic mass is 19.4. The molecule has 176 valence electrons. The van der Waals surface area contributed by atoms with Gasteiger partial charge in [-0.1, -0.05) is 24.3 Å². The van der Waals surface area contributed by atoms with E-state index in [2.05, 4.69) is 10.2 Å². The van der Waals surface area contributed by atoms with Gasteiger partial charge in [-0.05, 0) is 37.3 Å². The van der Waals surface area contributed by atoms with Crippen molar-refractivity contribution in [1.82, 2.24) is 10.2 Å². The number of piperidine rings is 1. The highest BCUT2D eigenvalue weighted by molar-refractivity contribution is 5.80. The van der Waals surface area contributed by atoms with E-state index in [9.17, 15) is 13.2 Å². The summed E-state index contributed by atoms with van der Waals surface area (Å²) in [7, 11) is 1.69. The number of nitrogens with zero attached hydrogens (tertiary/aromatic N) is 2. The number of hydrogen-bond donors (Lipinski definition) is 1. The molecule has 0 unspecified atom stereocenters. The molecule has 31 heavy (non-hydrogen) atoms. The molecule has 0 aliphatic carbocycles. The van der Waals surface area contributed by atoms with Crippen molar-refractivity contribution in [2.24, 2.45) is 4.99 Å². The fourth-order valence-electron chi connectivity index (χ4n) is 3.38. The van der Waals surface area contributed by atoms with Gasteiger partial charge in [0.25, 0.3) is 0 Å². The van der Waals surface area contributed by atoms with Gasteiger partial charge >= 0.3 is 6.18 Å². The maximum absolute atomic E-state index is 12.2. The molecule has 1 fully saturated rings. The lowest BCUT2D eigenvalue weighted by atomic mass is 10.1. The molecule has 2 rings (SSSR count). The van der Waals surface area contributed by atoms with Gasteiger partial charge in [0.15, 0.2) is 5.96 Å². The summed E-state index contributed by atoms with van der Waals surface area (Å²) in [6, 6.07) is 7.33. The Balaban J connectivity index is 1.85. The number of aliphatic imine (C=N–C) groups is 1. The second-order valence-electron chi connectivity index (χ2n) is 7.50. The first-order valence-electron chi connectivity index (χ1n) is 10.8. The molecule has 1 N–H and O–H groups in total. The fourth-order valence-corrected chi connectivity index (χ4v) is 3.38. The third kappa shape index (κ3) is 10.3. The predicted molar refractivity (Wildman–Crippen MR) is 114 cm³/mol. The van der Waals surface area contributed by atoms with Crippen molar-refractivity contribution in [3.63, 3.8) is 0 Å². The van der Waals surface area contributed by atoms with E-state index in [0.717, 1.165) is 57.0 Å². The number of nitrogens with one attached hydrogen (secondary N) is 1. The molecule has 1 aromatic rings. The highest BCUT2D eigenvalue weighted by Gasteiger charge is 2.27. The number of halogens is 3. The van der Waals surface area contributed by atoms with E-state index >= 15 is 0 Å². The van der Waals surface area contributed by atoms with Crippen LogP contribution in [0.2, 0.25) is 0 Å². The first-order valence-corrected chi connectivity index (χ1v) is 10.8. The van der Waals surface area contributed by atoms with E-state index < -0.39 is 12.8 Å². The lowest BCUT2D eigenvalue weighted by Gasteiger charge is -2.34. The minimum absolute atomic E-state index is 0.0744. The van der Waals surface area contributed by atoms with Crippen molar-refractivity contribution in [3.8, 4) is 0 Å². The van der Waals surface area contributed by atoms with Crippen molar-refractivity contribution in [1.29, 1.82) is 0 Å². The second-order valence-corrected chi connectivity index (χ2v) is 7.50. The van der Waals surface area contributed by atoms with E-state index in [1.54, 1.807) is 13.2 Å². The van der Waals surface area contributed by atoms with Crippen LogP contribution >= 0.6 is 0 Å². The van der Waals surface area contributed by atoms with Crippen LogP contribution in [0.3, 0.4) is 0 Å². The Morgan fingerprint density at radius 1 is 1.19 bits per heavy atom. The Kier molecular flexibility index (Phi) is 11.1. The van der Waals surface area contributed by atoms with Gasteiger partial charge in [0, 0.05) is 40.0 Å². The Hall–Kier alpha value is -1.84. The monoisotopic (exact) mass is 445 g/mol. The largest absolute Gasteiger partial charge is 0.411 e. The van der Waals surface area contributed by atoms with Crippen LogP contribution in [-0.4, -0.2) is 69.7 Å². The number of rotatable bonds is 11. The minimum Gasteiger partial charge on any atom is -0.385 e. The van der Waals surface area contributed by atoms with Gasteiger partial charge in [-0.2, -0.15) is 13.2 Å². The summed E-state index contributed by atoms with van der Waals surface area (Å²) in [5.74, 6) is 0.846. The summed E-state index contributed by atoms with van der Waals surface area (Å²) in [6.07, 6.45) is -1.25. The molecule has 0 saturated carbocycles. The number of alkyl halides is 3. The van der Waals surface area contributed by atoms with Crippen LogP contribution in [0.1, 0.15) is 37.3 Å². The highest BCUT2D eigenvalue weighted by Crippen LogP contribution is 2.17. The zero-order chi connectivity index (χ0) is 22.5. The Morgan fingerprint density at radius 2 is 1.94 bits per heavy atom. The maximum Gasteiger partial charge on any atom is 0.411 e. The lowest BCUT2D eigenvalue weighted by Crippen LogP contribution is -2.47. The summed E-state index contributed by atoms with van der Waals surface area (Å²) in [5.41, 5.74) is 1.63. The number of benzene rings is 1. The van der Waals surface area contributed by atoms with Gasteiger partial charge < -0.3 is 24.4 Å². The zero-order valence-electron chi connectivity index (χ0n) is 18.4. The molecule has 0 radical (unpaired) electrons. The molecule has 9 heteroatoms. The number of methoxy groups -OCH3 is 1. The third-order valence-corrected chi connectivity index (χ3v) is 4.86. The van der Waals surface area contributed by atoms with Crippen LogP contribution in [0, 0.1) is 0 Å². The summed E-state index contributed by atoms with van der Waals surface area (Å²) < 4.78 is 52.5. The lowest BCUT2D eigenvalue weighted by molar-refractivity contribution is -0.176. The Bertz CT molecular complexity index is 663. The zero-order valence-corrected chi connectivity index (χ0v) is 18.4. The molecule has 0 bridgehead atoms. The molecule has 1 saturated heterocycles. The number of ether oxygens (including phenoxy) is 3. The molecule has 1 aromatic carbocycles. The van der Waals surface area contributed by atoms with Crippen molar-refractivity contribution in [2.75, 3.05) is 46.6 Å².